The van der Waals surface area contributed by atoms with Gasteiger partial charge >= 0.3 is 0 Å². The van der Waals surface area contributed by atoms with Crippen LogP contribution in [-0.4, -0.2) is 45.9 Å². The summed E-state index contributed by atoms with van der Waals surface area (Å²) in [5.74, 6) is 0.380. The topological polar surface area (TPSA) is 88.9 Å². The Labute approximate surface area is 149 Å². The fraction of sp³-hybridized carbons (Fsp3) is 0.333. The smallest absolute Gasteiger partial charge is 0.239 e. The lowest BCUT2D eigenvalue weighted by Crippen LogP contribution is -2.36. The number of likely N-dealkylation sites (N-methyl/N-ethyl adjacent to an activating group) is 1. The molecular formula is C15H18ClN5O2S. The van der Waals surface area contributed by atoms with E-state index in [4.69, 9.17) is 11.6 Å². The van der Waals surface area contributed by atoms with Crippen LogP contribution in [0.15, 0.2) is 29.4 Å². The zero-order chi connectivity index (χ0) is 17.5. The van der Waals surface area contributed by atoms with E-state index in [0.29, 0.717) is 22.5 Å². The molecule has 1 heterocycles. The van der Waals surface area contributed by atoms with Crippen molar-refractivity contribution in [3.05, 3.63) is 29.3 Å². The Balaban J connectivity index is 2.04. The molecule has 2 rings (SSSR count). The Bertz CT molecular complexity index is 734. The largest absolute Gasteiger partial charge is 0.358 e. The first-order chi connectivity index (χ1) is 11.5. The molecule has 0 unspecified atom stereocenters. The normalized spacial score (nSPS) is 10.5. The molecule has 0 atom stereocenters. The molecule has 0 aliphatic rings. The predicted molar refractivity (Wildman–Crippen MR) is 93.9 cm³/mol. The maximum atomic E-state index is 11.8. The predicted octanol–water partition coefficient (Wildman–Crippen LogP) is 1.57. The second-order valence-corrected chi connectivity index (χ2v) is 6.18. The Morgan fingerprint density at radius 2 is 2.08 bits per heavy atom. The Morgan fingerprint density at radius 1 is 1.29 bits per heavy atom. The minimum Gasteiger partial charge on any atom is -0.358 e. The van der Waals surface area contributed by atoms with Gasteiger partial charge in [0, 0.05) is 24.2 Å². The number of amides is 2. The van der Waals surface area contributed by atoms with Crippen molar-refractivity contribution in [3.63, 3.8) is 0 Å². The lowest BCUT2D eigenvalue weighted by atomic mass is 10.2. The number of benzene rings is 1. The van der Waals surface area contributed by atoms with Gasteiger partial charge in [0.2, 0.25) is 11.8 Å². The van der Waals surface area contributed by atoms with E-state index in [-0.39, 0.29) is 24.1 Å². The van der Waals surface area contributed by atoms with Crippen molar-refractivity contribution in [1.29, 1.82) is 0 Å². The molecule has 2 aromatic rings. The molecule has 0 radical (unpaired) electrons. The Morgan fingerprint density at radius 3 is 2.75 bits per heavy atom. The molecule has 0 fully saturated rings. The first-order valence-electron chi connectivity index (χ1n) is 7.34. The highest BCUT2D eigenvalue weighted by Gasteiger charge is 2.15. The quantitative estimate of drug-likeness (QED) is 0.725. The van der Waals surface area contributed by atoms with Crippen molar-refractivity contribution in [2.75, 3.05) is 19.3 Å². The Hall–Kier alpha value is -2.06. The first kappa shape index (κ1) is 18.3. The van der Waals surface area contributed by atoms with Crippen LogP contribution in [0.3, 0.4) is 0 Å². The molecule has 1 aromatic carbocycles. The van der Waals surface area contributed by atoms with Gasteiger partial charge in [0.05, 0.1) is 12.3 Å². The third-order valence-electron chi connectivity index (χ3n) is 3.17. The van der Waals surface area contributed by atoms with Gasteiger partial charge in [-0.1, -0.05) is 35.5 Å². The molecule has 0 aliphatic heterocycles. The van der Waals surface area contributed by atoms with Gasteiger partial charge in [-0.25, -0.2) is 0 Å². The van der Waals surface area contributed by atoms with Crippen molar-refractivity contribution in [1.82, 2.24) is 25.4 Å². The molecule has 0 bridgehead atoms. The number of nitrogens with one attached hydrogen (secondary N) is 2. The SMILES string of the molecule is CCn1c(SCC(=O)NCC(=O)NC)nnc1-c1cccc(Cl)c1. The highest BCUT2D eigenvalue weighted by Crippen LogP contribution is 2.25. The number of thioether (sulfide) groups is 1. The van der Waals surface area contributed by atoms with Crippen LogP contribution in [0, 0.1) is 0 Å². The summed E-state index contributed by atoms with van der Waals surface area (Å²) >= 11 is 7.30. The summed E-state index contributed by atoms with van der Waals surface area (Å²) in [6, 6.07) is 7.38. The van der Waals surface area contributed by atoms with E-state index in [2.05, 4.69) is 20.8 Å². The molecule has 0 spiro atoms. The fourth-order valence-corrected chi connectivity index (χ4v) is 2.99. The third-order valence-corrected chi connectivity index (χ3v) is 4.38. The summed E-state index contributed by atoms with van der Waals surface area (Å²) in [5.41, 5.74) is 0.868. The maximum absolute atomic E-state index is 11.8. The van der Waals surface area contributed by atoms with Crippen LogP contribution >= 0.6 is 23.4 Å². The van der Waals surface area contributed by atoms with E-state index >= 15 is 0 Å². The van der Waals surface area contributed by atoms with Crippen LogP contribution in [0.2, 0.25) is 5.02 Å². The highest BCUT2D eigenvalue weighted by molar-refractivity contribution is 7.99. The average molecular weight is 368 g/mol. The molecule has 7 nitrogen and oxygen atoms in total. The minimum atomic E-state index is -0.242. The van der Waals surface area contributed by atoms with E-state index in [0.717, 1.165) is 5.56 Å². The molecule has 128 valence electrons. The molecule has 9 heteroatoms. The monoisotopic (exact) mass is 367 g/mol. The van der Waals surface area contributed by atoms with Gasteiger partial charge in [0.15, 0.2) is 11.0 Å². The standard InChI is InChI=1S/C15H18ClN5O2S/c1-3-21-14(10-5-4-6-11(16)7-10)19-20-15(21)24-9-13(23)18-8-12(22)17-2/h4-7H,3,8-9H2,1-2H3,(H,17,22)(H,18,23). The van der Waals surface area contributed by atoms with Crippen molar-refractivity contribution in [2.45, 2.75) is 18.6 Å². The number of carbonyl (C=O) groups is 2. The van der Waals surface area contributed by atoms with E-state index < -0.39 is 0 Å². The Kier molecular flexibility index (Phi) is 6.62. The molecule has 2 amide bonds. The van der Waals surface area contributed by atoms with Gasteiger partial charge in [-0.2, -0.15) is 0 Å². The van der Waals surface area contributed by atoms with Crippen molar-refractivity contribution in [3.8, 4) is 11.4 Å². The zero-order valence-electron chi connectivity index (χ0n) is 13.4. The number of aromatic nitrogens is 3. The van der Waals surface area contributed by atoms with Crippen LogP contribution in [0.25, 0.3) is 11.4 Å². The fourth-order valence-electron chi connectivity index (χ4n) is 1.97. The van der Waals surface area contributed by atoms with Crippen LogP contribution in [0.4, 0.5) is 0 Å². The average Bonchev–Trinajstić information content (AvgIpc) is 3.00. The number of hydrogen-bond acceptors (Lipinski definition) is 5. The van der Waals surface area contributed by atoms with Crippen molar-refractivity contribution >= 4 is 35.2 Å². The van der Waals surface area contributed by atoms with Crippen LogP contribution < -0.4 is 10.6 Å². The van der Waals surface area contributed by atoms with E-state index in [9.17, 15) is 9.59 Å². The number of nitrogens with zero attached hydrogens (tertiary/aromatic N) is 3. The van der Waals surface area contributed by atoms with Gasteiger partial charge < -0.3 is 15.2 Å². The molecule has 2 N–H and O–H groups in total. The van der Waals surface area contributed by atoms with Crippen LogP contribution in [-0.2, 0) is 16.1 Å². The summed E-state index contributed by atoms with van der Waals surface area (Å²) in [4.78, 5) is 22.9. The number of rotatable bonds is 7. The lowest BCUT2D eigenvalue weighted by Gasteiger charge is -2.08. The summed E-state index contributed by atoms with van der Waals surface area (Å²) in [6.07, 6.45) is 0. The number of halogens is 1. The summed E-state index contributed by atoms with van der Waals surface area (Å²) in [5, 5.41) is 14.6. The van der Waals surface area contributed by atoms with E-state index in [1.165, 1.54) is 18.8 Å². The second kappa shape index (κ2) is 8.70. The van der Waals surface area contributed by atoms with Crippen LogP contribution in [0.5, 0.6) is 0 Å². The summed E-state index contributed by atoms with van der Waals surface area (Å²) in [6.45, 7) is 2.61. The molecule has 0 aliphatic carbocycles. The molecular weight excluding hydrogens is 350 g/mol. The number of hydrogen-bond donors (Lipinski definition) is 2. The maximum Gasteiger partial charge on any atom is 0.239 e. The van der Waals surface area contributed by atoms with Gasteiger partial charge in [0.1, 0.15) is 0 Å². The van der Waals surface area contributed by atoms with Gasteiger partial charge in [-0.05, 0) is 19.1 Å². The van der Waals surface area contributed by atoms with Crippen LogP contribution in [0.1, 0.15) is 6.92 Å². The molecule has 0 saturated heterocycles. The second-order valence-electron chi connectivity index (χ2n) is 4.80. The van der Waals surface area contributed by atoms with Gasteiger partial charge in [0.25, 0.3) is 0 Å². The lowest BCUT2D eigenvalue weighted by molar-refractivity contribution is -0.124. The highest BCUT2D eigenvalue weighted by atomic mass is 35.5. The number of carbonyl (C=O) groups excluding carboxylic acids is 2. The van der Waals surface area contributed by atoms with Gasteiger partial charge in [-0.3, -0.25) is 9.59 Å². The molecule has 1 aromatic heterocycles. The van der Waals surface area contributed by atoms with Gasteiger partial charge in [-0.15, -0.1) is 10.2 Å². The van der Waals surface area contributed by atoms with Crippen molar-refractivity contribution < 1.29 is 9.59 Å². The summed E-state index contributed by atoms with van der Waals surface area (Å²) in [7, 11) is 1.52. The first-order valence-corrected chi connectivity index (χ1v) is 8.70. The van der Waals surface area contributed by atoms with Crippen molar-refractivity contribution in [2.24, 2.45) is 0 Å². The van der Waals surface area contributed by atoms with E-state index in [1.54, 1.807) is 6.07 Å². The summed E-state index contributed by atoms with van der Waals surface area (Å²) < 4.78 is 1.92. The minimum absolute atomic E-state index is 0.0376. The molecule has 0 saturated carbocycles. The molecule has 24 heavy (non-hydrogen) atoms. The zero-order valence-corrected chi connectivity index (χ0v) is 14.9. The third kappa shape index (κ3) is 4.72. The van der Waals surface area contributed by atoms with E-state index in [1.807, 2.05) is 29.7 Å².